The number of aromatic nitrogens is 1. The van der Waals surface area contributed by atoms with Crippen molar-refractivity contribution in [1.82, 2.24) is 4.98 Å². The smallest absolute Gasteiger partial charge is 0.295 e. The molecule has 0 bridgehead atoms. The fourth-order valence-corrected chi connectivity index (χ4v) is 1.79. The van der Waals surface area contributed by atoms with Crippen molar-refractivity contribution in [2.45, 2.75) is 6.92 Å². The van der Waals surface area contributed by atoms with E-state index in [-0.39, 0.29) is 5.69 Å². The maximum atomic E-state index is 13.8. The molecular formula is C13H11F2N3O2. The van der Waals surface area contributed by atoms with Gasteiger partial charge >= 0.3 is 0 Å². The van der Waals surface area contributed by atoms with Gasteiger partial charge in [0.05, 0.1) is 10.5 Å². The van der Waals surface area contributed by atoms with Crippen LogP contribution >= 0.6 is 0 Å². The van der Waals surface area contributed by atoms with E-state index in [1.807, 2.05) is 6.92 Å². The molecule has 2 rings (SSSR count). The number of benzene rings is 1. The van der Waals surface area contributed by atoms with E-state index >= 15 is 0 Å². The first-order valence-corrected chi connectivity index (χ1v) is 5.88. The Hall–Kier alpha value is -2.57. The Morgan fingerprint density at radius 1 is 1.25 bits per heavy atom. The average molecular weight is 279 g/mol. The van der Waals surface area contributed by atoms with Crippen molar-refractivity contribution in [1.29, 1.82) is 0 Å². The SMILES string of the molecule is CCNc1ccc([N+](=O)[O-])c(-c2c(F)cccc2F)n1. The molecule has 1 N–H and O–H groups in total. The number of rotatable bonds is 4. The molecule has 2 aromatic rings. The second kappa shape index (κ2) is 5.60. The number of hydrogen-bond donors (Lipinski definition) is 1. The Bertz CT molecular complexity index is 642. The summed E-state index contributed by atoms with van der Waals surface area (Å²) < 4.78 is 27.5. The summed E-state index contributed by atoms with van der Waals surface area (Å²) in [6, 6.07) is 5.82. The normalized spacial score (nSPS) is 10.3. The highest BCUT2D eigenvalue weighted by Crippen LogP contribution is 2.32. The van der Waals surface area contributed by atoms with Crippen LogP contribution in [0.2, 0.25) is 0 Å². The van der Waals surface area contributed by atoms with Gasteiger partial charge in [0.25, 0.3) is 5.69 Å². The second-order valence-electron chi connectivity index (χ2n) is 3.95. The zero-order valence-corrected chi connectivity index (χ0v) is 10.6. The molecular weight excluding hydrogens is 268 g/mol. The highest BCUT2D eigenvalue weighted by atomic mass is 19.1. The van der Waals surface area contributed by atoms with Gasteiger partial charge in [0.1, 0.15) is 17.5 Å². The fourth-order valence-electron chi connectivity index (χ4n) is 1.79. The van der Waals surface area contributed by atoms with Crippen LogP contribution in [0.1, 0.15) is 6.92 Å². The van der Waals surface area contributed by atoms with E-state index in [1.165, 1.54) is 18.2 Å². The van der Waals surface area contributed by atoms with Gasteiger partial charge in [-0.3, -0.25) is 10.1 Å². The number of halogens is 2. The van der Waals surface area contributed by atoms with Gasteiger partial charge in [-0.2, -0.15) is 0 Å². The van der Waals surface area contributed by atoms with Gasteiger partial charge in [-0.15, -0.1) is 0 Å². The Kier molecular flexibility index (Phi) is 3.88. The number of anilines is 1. The van der Waals surface area contributed by atoms with Crippen LogP contribution < -0.4 is 5.32 Å². The van der Waals surface area contributed by atoms with Crippen LogP contribution in [0.25, 0.3) is 11.3 Å². The third-order valence-corrected chi connectivity index (χ3v) is 2.63. The number of pyridine rings is 1. The number of nitrogens with zero attached hydrogens (tertiary/aromatic N) is 2. The lowest BCUT2D eigenvalue weighted by Crippen LogP contribution is -2.04. The van der Waals surface area contributed by atoms with E-state index in [0.717, 1.165) is 12.1 Å². The third-order valence-electron chi connectivity index (χ3n) is 2.63. The lowest BCUT2D eigenvalue weighted by molar-refractivity contribution is -0.384. The molecule has 0 radical (unpaired) electrons. The van der Waals surface area contributed by atoms with Gasteiger partial charge in [0.2, 0.25) is 0 Å². The molecule has 0 unspecified atom stereocenters. The molecule has 0 saturated carbocycles. The largest absolute Gasteiger partial charge is 0.370 e. The number of hydrogen-bond acceptors (Lipinski definition) is 4. The fraction of sp³-hybridized carbons (Fsp3) is 0.154. The highest BCUT2D eigenvalue weighted by molar-refractivity contribution is 5.72. The Labute approximate surface area is 113 Å². The molecule has 0 fully saturated rings. The minimum absolute atomic E-state index is 0.316. The molecule has 0 saturated heterocycles. The first-order chi connectivity index (χ1) is 9.54. The van der Waals surface area contributed by atoms with Crippen molar-refractivity contribution < 1.29 is 13.7 Å². The minimum Gasteiger partial charge on any atom is -0.370 e. The molecule has 0 spiro atoms. The molecule has 1 heterocycles. The summed E-state index contributed by atoms with van der Waals surface area (Å²) in [5.74, 6) is -1.47. The lowest BCUT2D eigenvalue weighted by atomic mass is 10.1. The molecule has 1 aromatic heterocycles. The maximum Gasteiger partial charge on any atom is 0.295 e. The van der Waals surface area contributed by atoms with Crippen molar-refractivity contribution in [2.24, 2.45) is 0 Å². The van der Waals surface area contributed by atoms with E-state index in [9.17, 15) is 18.9 Å². The Morgan fingerprint density at radius 3 is 2.45 bits per heavy atom. The zero-order valence-electron chi connectivity index (χ0n) is 10.6. The average Bonchev–Trinajstić information content (AvgIpc) is 2.39. The van der Waals surface area contributed by atoms with Crippen molar-refractivity contribution in [2.75, 3.05) is 11.9 Å². The van der Waals surface area contributed by atoms with E-state index in [2.05, 4.69) is 10.3 Å². The minimum atomic E-state index is -0.894. The molecule has 0 atom stereocenters. The molecule has 5 nitrogen and oxygen atoms in total. The van der Waals surface area contributed by atoms with Crippen LogP contribution in [0, 0.1) is 21.7 Å². The van der Waals surface area contributed by atoms with Crippen molar-refractivity contribution in [3.8, 4) is 11.3 Å². The van der Waals surface area contributed by atoms with Gasteiger partial charge < -0.3 is 5.32 Å². The van der Waals surface area contributed by atoms with Crippen molar-refractivity contribution in [3.05, 3.63) is 52.1 Å². The lowest BCUT2D eigenvalue weighted by Gasteiger charge is -2.08. The van der Waals surface area contributed by atoms with Gasteiger partial charge in [-0.25, -0.2) is 13.8 Å². The van der Waals surface area contributed by atoms with E-state index in [1.54, 1.807) is 0 Å². The zero-order chi connectivity index (χ0) is 14.7. The van der Waals surface area contributed by atoms with Crippen LogP contribution in [-0.4, -0.2) is 16.5 Å². The summed E-state index contributed by atoms with van der Waals surface area (Å²) in [5, 5.41) is 13.8. The summed E-state index contributed by atoms with van der Waals surface area (Å²) in [5.41, 5.74) is -1.28. The summed E-state index contributed by atoms with van der Waals surface area (Å²) in [6.45, 7) is 2.34. The summed E-state index contributed by atoms with van der Waals surface area (Å²) >= 11 is 0. The molecule has 7 heteroatoms. The Morgan fingerprint density at radius 2 is 1.90 bits per heavy atom. The first kappa shape index (κ1) is 13.9. The van der Waals surface area contributed by atoms with Crippen LogP contribution in [0.3, 0.4) is 0 Å². The van der Waals surface area contributed by atoms with E-state index < -0.39 is 27.8 Å². The topological polar surface area (TPSA) is 68.1 Å². The van der Waals surface area contributed by atoms with Crippen molar-refractivity contribution >= 4 is 11.5 Å². The number of nitro groups is 1. The maximum absolute atomic E-state index is 13.8. The summed E-state index contributed by atoms with van der Waals surface area (Å²) in [6.07, 6.45) is 0. The third kappa shape index (κ3) is 2.56. The molecule has 0 aliphatic rings. The van der Waals surface area contributed by atoms with Gasteiger partial charge in [-0.05, 0) is 25.1 Å². The van der Waals surface area contributed by atoms with Gasteiger partial charge in [0.15, 0.2) is 5.69 Å². The molecule has 0 aliphatic heterocycles. The van der Waals surface area contributed by atoms with Crippen LogP contribution in [0.15, 0.2) is 30.3 Å². The second-order valence-corrected chi connectivity index (χ2v) is 3.95. The molecule has 0 amide bonds. The Balaban J connectivity index is 2.69. The van der Waals surface area contributed by atoms with Gasteiger partial charge in [0, 0.05) is 12.6 Å². The predicted molar refractivity (Wildman–Crippen MR) is 70.4 cm³/mol. The van der Waals surface area contributed by atoms with E-state index in [4.69, 9.17) is 0 Å². The predicted octanol–water partition coefficient (Wildman–Crippen LogP) is 3.37. The molecule has 20 heavy (non-hydrogen) atoms. The first-order valence-electron chi connectivity index (χ1n) is 5.88. The number of nitrogens with one attached hydrogen (secondary N) is 1. The highest BCUT2D eigenvalue weighted by Gasteiger charge is 2.23. The van der Waals surface area contributed by atoms with Crippen molar-refractivity contribution in [3.63, 3.8) is 0 Å². The molecule has 0 aliphatic carbocycles. The summed E-state index contributed by atoms with van der Waals surface area (Å²) in [7, 11) is 0. The quantitative estimate of drug-likeness (QED) is 0.688. The summed E-state index contributed by atoms with van der Waals surface area (Å²) in [4.78, 5) is 14.2. The monoisotopic (exact) mass is 279 g/mol. The molecule has 104 valence electrons. The molecule has 1 aromatic carbocycles. The van der Waals surface area contributed by atoms with E-state index in [0.29, 0.717) is 12.4 Å². The van der Waals surface area contributed by atoms with Crippen LogP contribution in [0.5, 0.6) is 0 Å². The van der Waals surface area contributed by atoms with Gasteiger partial charge in [-0.1, -0.05) is 6.07 Å². The standard InChI is InChI=1S/C13H11F2N3O2/c1-2-16-11-7-6-10(18(19)20)13(17-11)12-8(14)4-3-5-9(12)15/h3-7H,2H2,1H3,(H,16,17). The van der Waals surface area contributed by atoms with Crippen LogP contribution in [-0.2, 0) is 0 Å². The van der Waals surface area contributed by atoms with Crippen LogP contribution in [0.4, 0.5) is 20.3 Å².